The minimum absolute atomic E-state index is 0.403. The summed E-state index contributed by atoms with van der Waals surface area (Å²) in [6, 6.07) is 0. The summed E-state index contributed by atoms with van der Waals surface area (Å²) in [5.74, 6) is 1.02. The molecule has 1 spiro atoms. The van der Waals surface area contributed by atoms with Gasteiger partial charge in [0.2, 0.25) is 0 Å². The largest absolute Gasteiger partial charge is 0.299 e. The molecule has 3 fully saturated rings. The average Bonchev–Trinajstić information content (AvgIpc) is 2.79. The molecule has 1 heteroatoms. The second kappa shape index (κ2) is 2.62. The molecular weight excluding hydrogens is 172 g/mol. The maximum Gasteiger partial charge on any atom is 0.136 e. The number of Topliss-reactive ketones (excluding diaryl/α,β-unsaturated/α-hetero) is 1. The zero-order chi connectivity index (χ0) is 9.81. The first-order valence-corrected chi connectivity index (χ1v) is 6.21. The van der Waals surface area contributed by atoms with Gasteiger partial charge in [-0.1, -0.05) is 19.8 Å². The first-order chi connectivity index (χ1) is 6.68. The Hall–Kier alpha value is -0.330. The van der Waals surface area contributed by atoms with Crippen LogP contribution >= 0.6 is 0 Å². The smallest absolute Gasteiger partial charge is 0.136 e. The fraction of sp³-hybridized carbons (Fsp3) is 0.923. The molecule has 0 heterocycles. The Morgan fingerprint density at radius 1 is 1.14 bits per heavy atom. The van der Waals surface area contributed by atoms with Gasteiger partial charge in [-0.3, -0.25) is 4.79 Å². The quantitative estimate of drug-likeness (QED) is 0.575. The number of hydrogen-bond acceptors (Lipinski definition) is 1. The van der Waals surface area contributed by atoms with E-state index in [9.17, 15) is 4.79 Å². The van der Waals surface area contributed by atoms with Crippen LogP contribution in [0.15, 0.2) is 0 Å². The lowest BCUT2D eigenvalue weighted by Crippen LogP contribution is -2.34. The number of fused-ring (bicyclic) bond motifs is 2. The van der Waals surface area contributed by atoms with E-state index in [1.807, 2.05) is 0 Å². The van der Waals surface area contributed by atoms with E-state index in [1.54, 1.807) is 0 Å². The van der Waals surface area contributed by atoms with Gasteiger partial charge in [0.05, 0.1) is 0 Å². The van der Waals surface area contributed by atoms with Gasteiger partial charge in [0.1, 0.15) is 5.78 Å². The van der Waals surface area contributed by atoms with Crippen molar-refractivity contribution >= 4 is 5.78 Å². The van der Waals surface area contributed by atoms with Gasteiger partial charge in [0, 0.05) is 12.3 Å². The summed E-state index contributed by atoms with van der Waals surface area (Å²) < 4.78 is 0. The molecule has 2 atom stereocenters. The minimum atomic E-state index is 0.403. The topological polar surface area (TPSA) is 17.1 Å². The second-order valence-corrected chi connectivity index (χ2v) is 5.96. The van der Waals surface area contributed by atoms with E-state index in [0.29, 0.717) is 22.5 Å². The highest BCUT2D eigenvalue weighted by atomic mass is 16.1. The van der Waals surface area contributed by atoms with Crippen molar-refractivity contribution in [2.45, 2.75) is 58.3 Å². The molecule has 0 aromatic rings. The van der Waals surface area contributed by atoms with E-state index < -0.39 is 0 Å². The van der Waals surface area contributed by atoms with Gasteiger partial charge in [-0.25, -0.2) is 0 Å². The summed E-state index contributed by atoms with van der Waals surface area (Å²) in [5.41, 5.74) is 0.990. The predicted molar refractivity (Wildman–Crippen MR) is 56.0 cm³/mol. The lowest BCUT2D eigenvalue weighted by atomic mass is 9.63. The lowest BCUT2D eigenvalue weighted by molar-refractivity contribution is -0.122. The Bertz CT molecular complexity index is 275. The molecule has 0 N–H and O–H groups in total. The fourth-order valence-corrected chi connectivity index (χ4v) is 4.78. The Morgan fingerprint density at radius 2 is 1.86 bits per heavy atom. The van der Waals surface area contributed by atoms with Crippen LogP contribution in [0.4, 0.5) is 0 Å². The third-order valence-electron chi connectivity index (χ3n) is 5.73. The molecule has 0 bridgehead atoms. The summed E-state index contributed by atoms with van der Waals surface area (Å²) in [4.78, 5) is 11.8. The van der Waals surface area contributed by atoms with Crippen molar-refractivity contribution in [1.29, 1.82) is 0 Å². The zero-order valence-electron chi connectivity index (χ0n) is 9.14. The summed E-state index contributed by atoms with van der Waals surface area (Å²) in [6.07, 6.45) is 10.3. The molecule has 0 aliphatic heterocycles. The van der Waals surface area contributed by atoms with Crippen LogP contribution in [-0.2, 0) is 4.79 Å². The molecule has 1 nitrogen and oxygen atoms in total. The van der Waals surface area contributed by atoms with Crippen molar-refractivity contribution in [3.05, 3.63) is 0 Å². The molecular formula is C13H20O. The van der Waals surface area contributed by atoms with Crippen molar-refractivity contribution in [2.75, 3.05) is 0 Å². The molecule has 3 aliphatic carbocycles. The first-order valence-electron chi connectivity index (χ1n) is 6.21. The Morgan fingerprint density at radius 3 is 2.57 bits per heavy atom. The first kappa shape index (κ1) is 8.94. The minimum Gasteiger partial charge on any atom is -0.299 e. The van der Waals surface area contributed by atoms with Crippen LogP contribution in [0.5, 0.6) is 0 Å². The summed E-state index contributed by atoms with van der Waals surface area (Å²) in [7, 11) is 0. The van der Waals surface area contributed by atoms with Crippen molar-refractivity contribution < 1.29 is 4.79 Å². The maximum atomic E-state index is 11.8. The highest BCUT2D eigenvalue weighted by Crippen LogP contribution is 2.68. The zero-order valence-corrected chi connectivity index (χ0v) is 9.14. The average molecular weight is 192 g/mol. The SMILES string of the molecule is C[C@]12CCC(=O)[C@H]1CCC21CCCC1. The van der Waals surface area contributed by atoms with E-state index in [1.165, 1.54) is 44.9 Å². The van der Waals surface area contributed by atoms with Crippen LogP contribution < -0.4 is 0 Å². The van der Waals surface area contributed by atoms with Crippen LogP contribution in [0, 0.1) is 16.7 Å². The van der Waals surface area contributed by atoms with Gasteiger partial charge >= 0.3 is 0 Å². The standard InChI is InChI=1S/C13H20O/c1-12-8-5-11(14)10(12)4-9-13(12)6-2-3-7-13/h10H,2-9H2,1H3/t10-,12+/m1/s1. The van der Waals surface area contributed by atoms with E-state index in [0.717, 1.165) is 6.42 Å². The summed E-state index contributed by atoms with van der Waals surface area (Å²) >= 11 is 0. The highest BCUT2D eigenvalue weighted by Gasteiger charge is 2.61. The van der Waals surface area contributed by atoms with Crippen molar-refractivity contribution in [1.82, 2.24) is 0 Å². The summed E-state index contributed by atoms with van der Waals surface area (Å²) in [6.45, 7) is 2.42. The Balaban J connectivity index is 2.00. The second-order valence-electron chi connectivity index (χ2n) is 5.96. The van der Waals surface area contributed by atoms with Crippen LogP contribution in [0.1, 0.15) is 58.3 Å². The van der Waals surface area contributed by atoms with E-state index >= 15 is 0 Å². The molecule has 14 heavy (non-hydrogen) atoms. The molecule has 3 rings (SSSR count). The molecule has 3 aliphatic rings. The predicted octanol–water partition coefficient (Wildman–Crippen LogP) is 3.33. The molecule has 78 valence electrons. The highest BCUT2D eigenvalue weighted by molar-refractivity contribution is 5.84. The molecule has 0 aromatic carbocycles. The van der Waals surface area contributed by atoms with Crippen LogP contribution in [0.25, 0.3) is 0 Å². The van der Waals surface area contributed by atoms with Crippen LogP contribution in [0.3, 0.4) is 0 Å². The van der Waals surface area contributed by atoms with E-state index in [4.69, 9.17) is 0 Å². The molecule has 3 saturated carbocycles. The Labute approximate surface area is 86.3 Å². The molecule has 0 radical (unpaired) electrons. The van der Waals surface area contributed by atoms with Gasteiger partial charge in [-0.2, -0.15) is 0 Å². The van der Waals surface area contributed by atoms with Crippen molar-refractivity contribution in [3.8, 4) is 0 Å². The van der Waals surface area contributed by atoms with Gasteiger partial charge in [-0.15, -0.1) is 0 Å². The molecule has 0 amide bonds. The lowest BCUT2D eigenvalue weighted by Gasteiger charge is -2.41. The van der Waals surface area contributed by atoms with E-state index in [-0.39, 0.29) is 0 Å². The normalized spacial score (nSPS) is 44.9. The van der Waals surface area contributed by atoms with E-state index in [2.05, 4.69) is 6.92 Å². The fourth-order valence-electron chi connectivity index (χ4n) is 4.78. The van der Waals surface area contributed by atoms with Gasteiger partial charge < -0.3 is 0 Å². The molecule has 0 aromatic heterocycles. The monoisotopic (exact) mass is 192 g/mol. The number of hydrogen-bond donors (Lipinski definition) is 0. The van der Waals surface area contributed by atoms with Crippen molar-refractivity contribution in [3.63, 3.8) is 0 Å². The Kier molecular flexibility index (Phi) is 1.67. The molecule has 0 unspecified atom stereocenters. The maximum absolute atomic E-state index is 11.8. The summed E-state index contributed by atoms with van der Waals surface area (Å²) in [5, 5.41) is 0. The van der Waals surface area contributed by atoms with Crippen molar-refractivity contribution in [2.24, 2.45) is 16.7 Å². The number of rotatable bonds is 0. The molecule has 0 saturated heterocycles. The van der Waals surface area contributed by atoms with Gasteiger partial charge in [0.25, 0.3) is 0 Å². The van der Waals surface area contributed by atoms with Crippen LogP contribution in [0.2, 0.25) is 0 Å². The van der Waals surface area contributed by atoms with Gasteiger partial charge in [-0.05, 0) is 42.9 Å². The number of carbonyl (C=O) groups excluding carboxylic acids is 1. The third kappa shape index (κ3) is 0.844. The van der Waals surface area contributed by atoms with Crippen LogP contribution in [-0.4, -0.2) is 5.78 Å². The van der Waals surface area contributed by atoms with Gasteiger partial charge in [0.15, 0.2) is 0 Å². The third-order valence-corrected chi connectivity index (χ3v) is 5.73. The number of ketones is 1. The number of carbonyl (C=O) groups is 1.